The molecule has 0 saturated heterocycles. The van der Waals surface area contributed by atoms with Gasteiger partial charge in [0.2, 0.25) is 5.91 Å². The SMILES string of the molecule is Cc1cccc([N+](=O)[O-])c1NC(=O)CN(C)Cc1ccc2ccccc2c1. The van der Waals surface area contributed by atoms with Crippen LogP contribution in [0.4, 0.5) is 11.4 Å². The standard InChI is InChI=1S/C21H21N3O3/c1-15-6-5-9-19(24(26)27)21(15)22-20(25)14-23(2)13-16-10-11-17-7-3-4-8-18(17)12-16/h3-12H,13-14H2,1-2H3,(H,22,25). The Bertz CT molecular complexity index is 1000. The number of anilines is 1. The Morgan fingerprint density at radius 3 is 2.56 bits per heavy atom. The molecule has 27 heavy (non-hydrogen) atoms. The molecule has 0 fully saturated rings. The van der Waals surface area contributed by atoms with Gasteiger partial charge in [0.1, 0.15) is 5.69 Å². The first-order chi connectivity index (χ1) is 12.9. The van der Waals surface area contributed by atoms with E-state index in [2.05, 4.69) is 29.6 Å². The van der Waals surface area contributed by atoms with Gasteiger partial charge in [-0.1, -0.05) is 48.5 Å². The van der Waals surface area contributed by atoms with Gasteiger partial charge >= 0.3 is 0 Å². The summed E-state index contributed by atoms with van der Waals surface area (Å²) in [5, 5.41) is 16.2. The number of hydrogen-bond acceptors (Lipinski definition) is 4. The summed E-state index contributed by atoms with van der Waals surface area (Å²) < 4.78 is 0. The topological polar surface area (TPSA) is 75.5 Å². The van der Waals surface area contributed by atoms with E-state index in [1.54, 1.807) is 19.1 Å². The van der Waals surface area contributed by atoms with Crippen LogP contribution < -0.4 is 5.32 Å². The predicted molar refractivity (Wildman–Crippen MR) is 107 cm³/mol. The number of nitrogens with zero attached hydrogens (tertiary/aromatic N) is 2. The summed E-state index contributed by atoms with van der Waals surface area (Å²) in [6.45, 7) is 2.48. The van der Waals surface area contributed by atoms with Crippen molar-refractivity contribution in [1.82, 2.24) is 4.90 Å². The summed E-state index contributed by atoms with van der Waals surface area (Å²) in [6.07, 6.45) is 0. The molecule has 0 spiro atoms. The molecule has 0 aliphatic rings. The number of nitrogens with one attached hydrogen (secondary N) is 1. The number of rotatable bonds is 6. The molecule has 0 heterocycles. The molecule has 0 aromatic heterocycles. The molecule has 6 nitrogen and oxygen atoms in total. The molecule has 0 aliphatic heterocycles. The van der Waals surface area contributed by atoms with Crippen molar-refractivity contribution in [1.29, 1.82) is 0 Å². The van der Waals surface area contributed by atoms with Gasteiger partial charge in [-0.25, -0.2) is 0 Å². The fourth-order valence-electron chi connectivity index (χ4n) is 3.10. The number of carbonyl (C=O) groups is 1. The zero-order valence-electron chi connectivity index (χ0n) is 15.3. The fourth-order valence-corrected chi connectivity index (χ4v) is 3.10. The van der Waals surface area contributed by atoms with Gasteiger partial charge in [0.25, 0.3) is 5.69 Å². The van der Waals surface area contributed by atoms with Crippen LogP contribution in [0.1, 0.15) is 11.1 Å². The molecule has 0 saturated carbocycles. The van der Waals surface area contributed by atoms with Crippen LogP contribution >= 0.6 is 0 Å². The number of fused-ring (bicyclic) bond motifs is 1. The van der Waals surface area contributed by atoms with Crippen molar-refractivity contribution in [3.05, 3.63) is 81.9 Å². The van der Waals surface area contributed by atoms with Crippen molar-refractivity contribution in [3.8, 4) is 0 Å². The molecule has 138 valence electrons. The summed E-state index contributed by atoms with van der Waals surface area (Å²) in [7, 11) is 1.85. The van der Waals surface area contributed by atoms with E-state index in [1.165, 1.54) is 11.5 Å². The van der Waals surface area contributed by atoms with Gasteiger partial charge in [-0.05, 0) is 41.9 Å². The van der Waals surface area contributed by atoms with Crippen molar-refractivity contribution in [2.45, 2.75) is 13.5 Å². The molecule has 0 unspecified atom stereocenters. The normalized spacial score (nSPS) is 10.9. The molecule has 3 aromatic carbocycles. The van der Waals surface area contributed by atoms with Crippen LogP contribution in [0.5, 0.6) is 0 Å². The molecule has 0 aliphatic carbocycles. The van der Waals surface area contributed by atoms with E-state index in [0.717, 1.165) is 10.9 Å². The number of nitro groups is 1. The lowest BCUT2D eigenvalue weighted by molar-refractivity contribution is -0.384. The molecule has 0 atom stereocenters. The Morgan fingerprint density at radius 2 is 1.81 bits per heavy atom. The van der Waals surface area contributed by atoms with Crippen LogP contribution in [-0.4, -0.2) is 29.3 Å². The number of hydrogen-bond donors (Lipinski definition) is 1. The molecular weight excluding hydrogens is 342 g/mol. The fraction of sp³-hybridized carbons (Fsp3) is 0.190. The van der Waals surface area contributed by atoms with Gasteiger partial charge in [-0.3, -0.25) is 19.8 Å². The lowest BCUT2D eigenvalue weighted by Crippen LogP contribution is -2.30. The molecule has 6 heteroatoms. The van der Waals surface area contributed by atoms with Crippen molar-refractivity contribution < 1.29 is 9.72 Å². The molecule has 1 N–H and O–H groups in total. The summed E-state index contributed by atoms with van der Waals surface area (Å²) in [6, 6.07) is 19.1. The number of benzene rings is 3. The smallest absolute Gasteiger partial charge is 0.293 e. The van der Waals surface area contributed by atoms with Gasteiger partial charge < -0.3 is 5.32 Å². The third-order valence-electron chi connectivity index (χ3n) is 4.39. The third-order valence-corrected chi connectivity index (χ3v) is 4.39. The quantitative estimate of drug-likeness (QED) is 0.528. The maximum atomic E-state index is 12.4. The largest absolute Gasteiger partial charge is 0.319 e. The number of likely N-dealkylation sites (N-methyl/N-ethyl adjacent to an activating group) is 1. The maximum Gasteiger partial charge on any atom is 0.293 e. The highest BCUT2D eigenvalue weighted by Crippen LogP contribution is 2.27. The summed E-state index contributed by atoms with van der Waals surface area (Å²) in [5.41, 5.74) is 1.92. The lowest BCUT2D eigenvalue weighted by Gasteiger charge is -2.17. The molecule has 1 amide bonds. The summed E-state index contributed by atoms with van der Waals surface area (Å²) in [5.74, 6) is -0.282. The Balaban J connectivity index is 1.66. The highest BCUT2D eigenvalue weighted by Gasteiger charge is 2.18. The third kappa shape index (κ3) is 4.48. The molecular formula is C21H21N3O3. The van der Waals surface area contributed by atoms with Gasteiger partial charge in [-0.15, -0.1) is 0 Å². The predicted octanol–water partition coefficient (Wildman–Crippen LogP) is 4.13. The van der Waals surface area contributed by atoms with Crippen molar-refractivity contribution in [2.24, 2.45) is 0 Å². The number of aryl methyl sites for hydroxylation is 1. The molecule has 0 radical (unpaired) electrons. The van der Waals surface area contributed by atoms with E-state index in [-0.39, 0.29) is 23.8 Å². The van der Waals surface area contributed by atoms with E-state index in [1.807, 2.05) is 30.1 Å². The van der Waals surface area contributed by atoms with Gasteiger partial charge in [0, 0.05) is 12.6 Å². The van der Waals surface area contributed by atoms with Crippen LogP contribution in [0.15, 0.2) is 60.7 Å². The van der Waals surface area contributed by atoms with E-state index in [4.69, 9.17) is 0 Å². The Kier molecular flexibility index (Phi) is 5.47. The minimum absolute atomic E-state index is 0.0967. The van der Waals surface area contributed by atoms with Crippen LogP contribution in [0, 0.1) is 17.0 Å². The highest BCUT2D eigenvalue weighted by atomic mass is 16.6. The molecule has 3 rings (SSSR count). The zero-order chi connectivity index (χ0) is 19.4. The number of amides is 1. The first-order valence-corrected chi connectivity index (χ1v) is 8.64. The Labute approximate surface area is 157 Å². The highest BCUT2D eigenvalue weighted by molar-refractivity contribution is 5.95. The number of nitro benzene ring substituents is 1. The minimum Gasteiger partial charge on any atom is -0.319 e. The zero-order valence-corrected chi connectivity index (χ0v) is 15.3. The maximum absolute atomic E-state index is 12.4. The van der Waals surface area contributed by atoms with Crippen molar-refractivity contribution >= 4 is 28.1 Å². The number of carbonyl (C=O) groups excluding carboxylic acids is 1. The monoisotopic (exact) mass is 363 g/mol. The average Bonchev–Trinajstić information content (AvgIpc) is 2.63. The van der Waals surface area contributed by atoms with Gasteiger partial charge in [0.15, 0.2) is 0 Å². The first-order valence-electron chi connectivity index (χ1n) is 8.64. The van der Waals surface area contributed by atoms with Crippen molar-refractivity contribution in [2.75, 3.05) is 18.9 Å². The minimum atomic E-state index is -0.485. The Hall–Kier alpha value is -3.25. The second-order valence-corrected chi connectivity index (χ2v) is 6.63. The van der Waals surface area contributed by atoms with Crippen molar-refractivity contribution in [3.63, 3.8) is 0 Å². The first kappa shape index (κ1) is 18.5. The second-order valence-electron chi connectivity index (χ2n) is 6.63. The van der Waals surface area contributed by atoms with Crippen LogP contribution in [0.2, 0.25) is 0 Å². The van der Waals surface area contributed by atoms with E-state index >= 15 is 0 Å². The van der Waals surface area contributed by atoms with E-state index in [9.17, 15) is 14.9 Å². The lowest BCUT2D eigenvalue weighted by atomic mass is 10.1. The van der Waals surface area contributed by atoms with Crippen LogP contribution in [0.3, 0.4) is 0 Å². The number of para-hydroxylation sites is 1. The van der Waals surface area contributed by atoms with Crippen LogP contribution in [0.25, 0.3) is 10.8 Å². The average molecular weight is 363 g/mol. The molecule has 0 bridgehead atoms. The van der Waals surface area contributed by atoms with Gasteiger partial charge in [-0.2, -0.15) is 0 Å². The molecule has 3 aromatic rings. The van der Waals surface area contributed by atoms with Gasteiger partial charge in [0.05, 0.1) is 11.5 Å². The second kappa shape index (κ2) is 7.97. The summed E-state index contributed by atoms with van der Waals surface area (Å²) in [4.78, 5) is 24.9. The van der Waals surface area contributed by atoms with E-state index < -0.39 is 4.92 Å². The van der Waals surface area contributed by atoms with Crippen LogP contribution in [-0.2, 0) is 11.3 Å². The van der Waals surface area contributed by atoms with E-state index in [0.29, 0.717) is 12.1 Å². The summed E-state index contributed by atoms with van der Waals surface area (Å²) >= 11 is 0. The Morgan fingerprint density at radius 1 is 1.07 bits per heavy atom.